The predicted octanol–water partition coefficient (Wildman–Crippen LogP) is 3.56. The SMILES string of the molecule is COC[C@@H](c1cc(F)c[nH]c1=O)n1cc(NC(=O)C(NC(=O)c2ccc(C#N)n2C)C2CCC(=C(C)C)CC2)c(F)n1. The number of nitriles is 1. The number of hydrogen-bond acceptors (Lipinski definition) is 6. The summed E-state index contributed by atoms with van der Waals surface area (Å²) in [7, 11) is 2.95. The number of nitrogens with zero attached hydrogens (tertiary/aromatic N) is 4. The topological polar surface area (TPSA) is 147 Å². The molecule has 1 fully saturated rings. The predicted molar refractivity (Wildman–Crippen MR) is 150 cm³/mol. The molecule has 0 aromatic carbocycles. The van der Waals surface area contributed by atoms with Crippen LogP contribution in [0.25, 0.3) is 0 Å². The summed E-state index contributed by atoms with van der Waals surface area (Å²) in [4.78, 5) is 41.5. The van der Waals surface area contributed by atoms with Crippen molar-refractivity contribution in [2.24, 2.45) is 13.0 Å². The minimum Gasteiger partial charge on any atom is -0.382 e. The average molecular weight is 582 g/mol. The number of rotatable bonds is 9. The van der Waals surface area contributed by atoms with Crippen molar-refractivity contribution < 1.29 is 23.1 Å². The number of amides is 2. The average Bonchev–Trinajstić information content (AvgIpc) is 3.52. The molecule has 4 rings (SSSR count). The number of aromatic amines is 1. The van der Waals surface area contributed by atoms with E-state index in [1.54, 1.807) is 7.05 Å². The van der Waals surface area contributed by atoms with Gasteiger partial charge in [-0.3, -0.25) is 19.1 Å². The lowest BCUT2D eigenvalue weighted by Gasteiger charge is -2.31. The summed E-state index contributed by atoms with van der Waals surface area (Å²) in [5.74, 6) is -3.16. The first-order chi connectivity index (χ1) is 20.0. The molecule has 1 aliphatic carbocycles. The minimum atomic E-state index is -1.03. The number of aromatic nitrogens is 4. The third-order valence-electron chi connectivity index (χ3n) is 7.69. The minimum absolute atomic E-state index is 0.0426. The number of allylic oxidation sites excluding steroid dienone is 2. The van der Waals surface area contributed by atoms with Crippen LogP contribution in [0.5, 0.6) is 0 Å². The van der Waals surface area contributed by atoms with E-state index < -0.39 is 41.2 Å². The molecule has 0 aliphatic heterocycles. The van der Waals surface area contributed by atoms with Gasteiger partial charge in [0.1, 0.15) is 41.0 Å². The van der Waals surface area contributed by atoms with E-state index in [9.17, 15) is 24.0 Å². The van der Waals surface area contributed by atoms with Crippen LogP contribution in [0.4, 0.5) is 14.5 Å². The summed E-state index contributed by atoms with van der Waals surface area (Å²) < 4.78 is 36.6. The van der Waals surface area contributed by atoms with E-state index >= 15 is 4.39 Å². The van der Waals surface area contributed by atoms with Crippen LogP contribution in [-0.4, -0.2) is 50.9 Å². The number of hydrogen-bond donors (Lipinski definition) is 3. The summed E-state index contributed by atoms with van der Waals surface area (Å²) in [5.41, 5.74) is 2.09. The van der Waals surface area contributed by atoms with E-state index in [0.29, 0.717) is 12.8 Å². The highest BCUT2D eigenvalue weighted by atomic mass is 19.1. The normalized spacial score (nSPS) is 16.4. The highest BCUT2D eigenvalue weighted by Gasteiger charge is 2.34. The van der Waals surface area contributed by atoms with Crippen LogP contribution in [0, 0.1) is 29.0 Å². The van der Waals surface area contributed by atoms with Crippen LogP contribution >= 0.6 is 0 Å². The van der Waals surface area contributed by atoms with E-state index in [2.05, 4.69) is 20.7 Å². The van der Waals surface area contributed by atoms with Crippen LogP contribution in [-0.2, 0) is 16.6 Å². The zero-order valence-electron chi connectivity index (χ0n) is 23.8. The van der Waals surface area contributed by atoms with E-state index in [1.165, 1.54) is 41.2 Å². The lowest BCUT2D eigenvalue weighted by Crippen LogP contribution is -2.49. The molecule has 0 saturated heterocycles. The van der Waals surface area contributed by atoms with Gasteiger partial charge in [0.2, 0.25) is 5.91 Å². The molecule has 0 bridgehead atoms. The van der Waals surface area contributed by atoms with E-state index in [-0.39, 0.29) is 35.2 Å². The van der Waals surface area contributed by atoms with Crippen LogP contribution in [0.1, 0.15) is 67.3 Å². The van der Waals surface area contributed by atoms with Crippen LogP contribution in [0.3, 0.4) is 0 Å². The monoisotopic (exact) mass is 581 g/mol. The Morgan fingerprint density at radius 2 is 1.98 bits per heavy atom. The van der Waals surface area contributed by atoms with Crippen molar-refractivity contribution in [2.45, 2.75) is 51.6 Å². The molecule has 13 heteroatoms. The number of pyridine rings is 1. The van der Waals surface area contributed by atoms with Crippen molar-refractivity contribution in [3.05, 3.63) is 80.8 Å². The number of carbonyl (C=O) groups is 2. The lowest BCUT2D eigenvalue weighted by atomic mass is 9.79. The quantitative estimate of drug-likeness (QED) is 0.329. The molecule has 0 radical (unpaired) electrons. The molecule has 3 aromatic rings. The lowest BCUT2D eigenvalue weighted by molar-refractivity contribution is -0.119. The number of halogens is 2. The van der Waals surface area contributed by atoms with E-state index in [4.69, 9.17) is 4.74 Å². The molecule has 3 aromatic heterocycles. The van der Waals surface area contributed by atoms with Crippen molar-refractivity contribution in [3.63, 3.8) is 0 Å². The molecule has 0 spiro atoms. The third kappa shape index (κ3) is 6.49. The second-order valence-electron chi connectivity index (χ2n) is 10.5. The van der Waals surface area contributed by atoms with Crippen molar-refractivity contribution >= 4 is 17.5 Å². The second-order valence-corrected chi connectivity index (χ2v) is 10.5. The molecule has 2 amide bonds. The van der Waals surface area contributed by atoms with Gasteiger partial charge in [-0.1, -0.05) is 11.1 Å². The fraction of sp³-hybridized carbons (Fsp3) is 0.414. The summed E-state index contributed by atoms with van der Waals surface area (Å²) in [6.45, 7) is 3.95. The zero-order chi connectivity index (χ0) is 30.6. The van der Waals surface area contributed by atoms with Gasteiger partial charge in [-0.2, -0.15) is 9.65 Å². The molecular formula is C29H33F2N7O4. The number of ether oxygens (including phenoxy) is 1. The number of anilines is 1. The first-order valence-electron chi connectivity index (χ1n) is 13.5. The first kappa shape index (κ1) is 30.4. The van der Waals surface area contributed by atoms with Gasteiger partial charge < -0.3 is 24.9 Å². The van der Waals surface area contributed by atoms with Crippen molar-refractivity contribution in [1.29, 1.82) is 5.26 Å². The second kappa shape index (κ2) is 12.9. The maximum absolute atomic E-state index is 15.1. The van der Waals surface area contributed by atoms with Crippen molar-refractivity contribution in [1.82, 2.24) is 24.6 Å². The Kier molecular flexibility index (Phi) is 9.37. The van der Waals surface area contributed by atoms with Gasteiger partial charge in [0, 0.05) is 25.9 Å². The van der Waals surface area contributed by atoms with Gasteiger partial charge >= 0.3 is 0 Å². The van der Waals surface area contributed by atoms with Gasteiger partial charge in [0.15, 0.2) is 0 Å². The summed E-state index contributed by atoms with van der Waals surface area (Å²) >= 11 is 0. The maximum Gasteiger partial charge on any atom is 0.268 e. The van der Waals surface area contributed by atoms with Gasteiger partial charge in [-0.15, -0.1) is 5.10 Å². The van der Waals surface area contributed by atoms with Crippen LogP contribution in [0.2, 0.25) is 0 Å². The smallest absolute Gasteiger partial charge is 0.268 e. The molecule has 222 valence electrons. The highest BCUT2D eigenvalue weighted by molar-refractivity contribution is 6.00. The molecule has 1 unspecified atom stereocenters. The molecule has 11 nitrogen and oxygen atoms in total. The number of H-pyrrole nitrogens is 1. The Morgan fingerprint density at radius 3 is 2.60 bits per heavy atom. The Balaban J connectivity index is 1.61. The van der Waals surface area contributed by atoms with Gasteiger partial charge in [0.05, 0.1) is 12.8 Å². The Bertz CT molecular complexity index is 1600. The van der Waals surface area contributed by atoms with Crippen LogP contribution < -0.4 is 16.2 Å². The Labute approximate surface area is 241 Å². The first-order valence-corrected chi connectivity index (χ1v) is 13.5. The summed E-state index contributed by atoms with van der Waals surface area (Å²) in [6.07, 6.45) is 4.90. The maximum atomic E-state index is 15.1. The Morgan fingerprint density at radius 1 is 1.26 bits per heavy atom. The van der Waals surface area contributed by atoms with Gasteiger partial charge in [0.25, 0.3) is 17.4 Å². The standard InChI is InChI=1S/C29H33F2N7O4/c1-16(2)17-5-7-18(8-6-17)25(35-28(40)23-10-9-20(12-32)37(23)3)29(41)34-22-14-38(36-26(22)31)24(15-42-4)21-11-19(30)13-33-27(21)39/h9-11,13-14,18,24-25H,5-8,15H2,1-4H3,(H,33,39)(H,34,41)(H,35,40)/t24-,25?/m0/s1. The van der Waals surface area contributed by atoms with Crippen molar-refractivity contribution in [3.8, 4) is 6.07 Å². The number of carbonyl (C=O) groups excluding carboxylic acids is 2. The summed E-state index contributed by atoms with van der Waals surface area (Å²) in [5, 5.41) is 18.4. The zero-order valence-corrected chi connectivity index (χ0v) is 23.8. The molecule has 3 heterocycles. The number of nitrogens with one attached hydrogen (secondary N) is 3. The Hall–Kier alpha value is -4.57. The molecule has 1 aliphatic rings. The molecule has 3 N–H and O–H groups in total. The molecule has 1 saturated carbocycles. The molecule has 2 atom stereocenters. The van der Waals surface area contributed by atoms with E-state index in [1.807, 2.05) is 19.9 Å². The largest absolute Gasteiger partial charge is 0.382 e. The van der Waals surface area contributed by atoms with E-state index in [0.717, 1.165) is 29.8 Å². The molecule has 42 heavy (non-hydrogen) atoms. The van der Waals surface area contributed by atoms with Gasteiger partial charge in [-0.05, 0) is 63.6 Å². The highest BCUT2D eigenvalue weighted by Crippen LogP contribution is 2.33. The molecular weight excluding hydrogens is 548 g/mol. The van der Waals surface area contributed by atoms with Crippen LogP contribution in [0.15, 0.2) is 46.5 Å². The number of methoxy groups -OCH3 is 1. The fourth-order valence-corrected chi connectivity index (χ4v) is 5.30. The van der Waals surface area contributed by atoms with Crippen molar-refractivity contribution in [2.75, 3.05) is 19.0 Å². The third-order valence-corrected chi connectivity index (χ3v) is 7.69. The fourth-order valence-electron chi connectivity index (χ4n) is 5.30. The summed E-state index contributed by atoms with van der Waals surface area (Å²) in [6, 6.07) is 4.02. The van der Waals surface area contributed by atoms with Gasteiger partial charge in [-0.25, -0.2) is 4.39 Å².